The van der Waals surface area contributed by atoms with Gasteiger partial charge < -0.3 is 4.74 Å². The molecule has 1 unspecified atom stereocenters. The van der Waals surface area contributed by atoms with Crippen LogP contribution in [0.3, 0.4) is 0 Å². The Bertz CT molecular complexity index is 1280. The monoisotopic (exact) mass is 527 g/mol. The summed E-state index contributed by atoms with van der Waals surface area (Å²) in [4.78, 5) is 13.6. The Morgan fingerprint density at radius 1 is 1.09 bits per heavy atom. The van der Waals surface area contributed by atoms with Crippen molar-refractivity contribution in [1.82, 2.24) is 13.9 Å². The van der Waals surface area contributed by atoms with E-state index in [4.69, 9.17) is 0 Å². The molecule has 12 heteroatoms. The second-order valence-electron chi connectivity index (χ2n) is 8.49. The topological polar surface area (TPSA) is 113 Å². The van der Waals surface area contributed by atoms with Crippen LogP contribution in [-0.2, 0) is 37.9 Å². The summed E-state index contributed by atoms with van der Waals surface area (Å²) in [5.74, 6) is -1.39. The van der Waals surface area contributed by atoms with Crippen molar-refractivity contribution < 1.29 is 30.8 Å². The molecule has 35 heavy (non-hydrogen) atoms. The second kappa shape index (κ2) is 11.1. The highest BCUT2D eigenvalue weighted by Crippen LogP contribution is 2.23. The Kier molecular flexibility index (Phi) is 8.65. The number of nitrogens with zero attached hydrogens (tertiary/aromatic N) is 2. The number of halogens is 1. The van der Waals surface area contributed by atoms with Crippen molar-refractivity contribution in [1.29, 1.82) is 0 Å². The van der Waals surface area contributed by atoms with Gasteiger partial charge in [0.1, 0.15) is 5.82 Å². The number of hydrogen-bond acceptors (Lipinski definition) is 7. The van der Waals surface area contributed by atoms with E-state index < -0.39 is 37.1 Å². The third kappa shape index (κ3) is 7.07. The van der Waals surface area contributed by atoms with Crippen LogP contribution in [0.15, 0.2) is 42.5 Å². The average Bonchev–Trinajstić information content (AvgIpc) is 2.82. The van der Waals surface area contributed by atoms with Crippen molar-refractivity contribution in [3.8, 4) is 0 Å². The first-order valence-corrected chi connectivity index (χ1v) is 14.4. The van der Waals surface area contributed by atoms with Gasteiger partial charge in [-0.1, -0.05) is 30.3 Å². The van der Waals surface area contributed by atoms with Crippen LogP contribution in [0.1, 0.15) is 39.2 Å². The summed E-state index contributed by atoms with van der Waals surface area (Å²) in [6.07, 6.45) is 1.20. The molecule has 1 heterocycles. The van der Waals surface area contributed by atoms with Crippen molar-refractivity contribution in [2.24, 2.45) is 0 Å². The molecule has 0 aliphatic carbocycles. The second-order valence-corrected chi connectivity index (χ2v) is 12.6. The number of ether oxygens (including phenoxy) is 1. The molecule has 1 N–H and O–H groups in total. The van der Waals surface area contributed by atoms with Crippen molar-refractivity contribution in [3.05, 3.63) is 70.5 Å². The zero-order valence-corrected chi connectivity index (χ0v) is 21.5. The van der Waals surface area contributed by atoms with Crippen molar-refractivity contribution in [3.63, 3.8) is 0 Å². The first-order valence-electron chi connectivity index (χ1n) is 11.0. The minimum absolute atomic E-state index is 0.0412. The molecule has 0 aromatic heterocycles. The molecule has 0 radical (unpaired) electrons. The molecule has 1 atom stereocenters. The lowest BCUT2D eigenvalue weighted by molar-refractivity contribution is 0.0600. The minimum Gasteiger partial charge on any atom is -0.465 e. The van der Waals surface area contributed by atoms with E-state index in [1.807, 2.05) is 12.1 Å². The van der Waals surface area contributed by atoms with Gasteiger partial charge in [-0.2, -0.15) is 4.31 Å². The Morgan fingerprint density at radius 3 is 2.37 bits per heavy atom. The fourth-order valence-corrected chi connectivity index (χ4v) is 5.78. The van der Waals surface area contributed by atoms with E-state index in [-0.39, 0.29) is 17.7 Å². The summed E-state index contributed by atoms with van der Waals surface area (Å²) in [5, 5.41) is -0.887. The van der Waals surface area contributed by atoms with Crippen LogP contribution in [0.5, 0.6) is 0 Å². The minimum atomic E-state index is -3.83. The van der Waals surface area contributed by atoms with Crippen LogP contribution in [0.4, 0.5) is 4.39 Å². The number of carbonyl (C=O) groups is 1. The standard InChI is InChI=1S/C23H30FN3O6S2/c1-17(35(31,32)25-15-21-8-7-20(14-22(21)24)23(28)33-2)19-6-4-5-18(13-19)16-26-9-11-27(12-10-26)34(3,29)30/h4-8,13-14,17,25H,9-12,15-16H2,1-3H3. The number of carbonyl (C=O) groups excluding carboxylic acids is 1. The molecule has 0 spiro atoms. The third-order valence-electron chi connectivity index (χ3n) is 6.03. The molecule has 1 fully saturated rings. The summed E-state index contributed by atoms with van der Waals surface area (Å²) in [5.41, 5.74) is 1.66. The van der Waals surface area contributed by atoms with Crippen molar-refractivity contribution in [2.75, 3.05) is 39.5 Å². The maximum absolute atomic E-state index is 14.3. The maximum Gasteiger partial charge on any atom is 0.337 e. The molecule has 0 saturated carbocycles. The lowest BCUT2D eigenvalue weighted by atomic mass is 10.1. The third-order valence-corrected chi connectivity index (χ3v) is 9.08. The fraction of sp³-hybridized carbons (Fsp3) is 0.435. The summed E-state index contributed by atoms with van der Waals surface area (Å²) < 4.78 is 71.9. The molecule has 0 bridgehead atoms. The Morgan fingerprint density at radius 2 is 1.77 bits per heavy atom. The van der Waals surface area contributed by atoms with Gasteiger partial charge in [-0.3, -0.25) is 4.90 Å². The van der Waals surface area contributed by atoms with Gasteiger partial charge >= 0.3 is 5.97 Å². The smallest absolute Gasteiger partial charge is 0.337 e. The summed E-state index contributed by atoms with van der Waals surface area (Å²) in [7, 11) is -5.84. The number of nitrogens with one attached hydrogen (secondary N) is 1. The SMILES string of the molecule is COC(=O)c1ccc(CNS(=O)(=O)C(C)c2cccc(CN3CCN(S(C)(=O)=O)CC3)c2)c(F)c1. The Labute approximate surface area is 206 Å². The maximum atomic E-state index is 14.3. The van der Waals surface area contributed by atoms with Gasteiger partial charge in [0.15, 0.2) is 0 Å². The largest absolute Gasteiger partial charge is 0.465 e. The van der Waals surface area contributed by atoms with E-state index in [2.05, 4.69) is 14.4 Å². The molecule has 2 aromatic rings. The van der Waals surface area contributed by atoms with Crippen LogP contribution in [-0.4, -0.2) is 71.6 Å². The summed E-state index contributed by atoms with van der Waals surface area (Å²) >= 11 is 0. The highest BCUT2D eigenvalue weighted by molar-refractivity contribution is 7.89. The molecule has 0 amide bonds. The van der Waals surface area contributed by atoms with Gasteiger partial charge in [-0.05, 0) is 30.2 Å². The predicted molar refractivity (Wildman–Crippen MR) is 130 cm³/mol. The van der Waals surface area contributed by atoms with Gasteiger partial charge in [0.2, 0.25) is 20.0 Å². The summed E-state index contributed by atoms with van der Waals surface area (Å²) in [6, 6.07) is 11.0. The highest BCUT2D eigenvalue weighted by atomic mass is 32.2. The lowest BCUT2D eigenvalue weighted by Gasteiger charge is -2.33. The van der Waals surface area contributed by atoms with Crippen molar-refractivity contribution in [2.45, 2.75) is 25.3 Å². The van der Waals surface area contributed by atoms with E-state index in [0.29, 0.717) is 38.3 Å². The van der Waals surface area contributed by atoms with Gasteiger partial charge in [0, 0.05) is 44.8 Å². The van der Waals surface area contributed by atoms with E-state index in [0.717, 1.165) is 11.6 Å². The van der Waals surface area contributed by atoms with Crippen LogP contribution in [0, 0.1) is 5.82 Å². The number of esters is 1. The van der Waals surface area contributed by atoms with Gasteiger partial charge in [-0.15, -0.1) is 0 Å². The number of benzene rings is 2. The van der Waals surface area contributed by atoms with Crippen LogP contribution in [0.2, 0.25) is 0 Å². The molecular formula is C23H30FN3O6S2. The van der Waals surface area contributed by atoms with Gasteiger partial charge in [-0.25, -0.2) is 30.7 Å². The number of hydrogen-bond donors (Lipinski definition) is 1. The number of methoxy groups -OCH3 is 1. The van der Waals surface area contributed by atoms with E-state index in [9.17, 15) is 26.0 Å². The predicted octanol–water partition coefficient (Wildman–Crippen LogP) is 1.87. The molecule has 2 aromatic carbocycles. The van der Waals surface area contributed by atoms with E-state index in [1.54, 1.807) is 19.1 Å². The van der Waals surface area contributed by atoms with E-state index in [1.165, 1.54) is 29.8 Å². The quantitative estimate of drug-likeness (QED) is 0.496. The molecule has 192 valence electrons. The van der Waals surface area contributed by atoms with Crippen LogP contribution >= 0.6 is 0 Å². The Hall–Kier alpha value is -2.38. The molecular weight excluding hydrogens is 497 g/mol. The van der Waals surface area contributed by atoms with Gasteiger partial charge in [0.05, 0.1) is 24.2 Å². The number of sulfonamides is 2. The highest BCUT2D eigenvalue weighted by Gasteiger charge is 2.25. The molecule has 1 aliphatic rings. The lowest BCUT2D eigenvalue weighted by Crippen LogP contribution is -2.47. The zero-order chi connectivity index (χ0) is 25.8. The molecule has 1 aliphatic heterocycles. The first-order chi connectivity index (χ1) is 16.4. The molecule has 1 saturated heterocycles. The average molecular weight is 528 g/mol. The fourth-order valence-electron chi connectivity index (χ4n) is 3.84. The molecule has 9 nitrogen and oxygen atoms in total. The first kappa shape index (κ1) is 27.2. The van der Waals surface area contributed by atoms with Crippen LogP contribution in [0.25, 0.3) is 0 Å². The number of rotatable bonds is 9. The van der Waals surface area contributed by atoms with Crippen LogP contribution < -0.4 is 4.72 Å². The van der Waals surface area contributed by atoms with Gasteiger partial charge in [0.25, 0.3) is 0 Å². The van der Waals surface area contributed by atoms with E-state index >= 15 is 0 Å². The zero-order valence-electron chi connectivity index (χ0n) is 19.9. The Balaban J connectivity index is 1.63. The van der Waals surface area contributed by atoms with Crippen molar-refractivity contribution >= 4 is 26.0 Å². The summed E-state index contributed by atoms with van der Waals surface area (Å²) in [6.45, 7) is 3.89. The molecule has 3 rings (SSSR count). The number of piperazine rings is 1. The normalized spacial score (nSPS) is 16.7.